The normalized spacial score (nSPS) is 10.8. The van der Waals surface area contributed by atoms with E-state index >= 15 is 0 Å². The molecule has 3 aromatic carbocycles. The maximum atomic E-state index is 12.0. The van der Waals surface area contributed by atoms with E-state index in [1.807, 2.05) is 49.5 Å². The zero-order valence-corrected chi connectivity index (χ0v) is 16.0. The summed E-state index contributed by atoms with van der Waals surface area (Å²) in [5.74, 6) is -0.282. The summed E-state index contributed by atoms with van der Waals surface area (Å²) in [5.41, 5.74) is 2.18. The van der Waals surface area contributed by atoms with E-state index in [1.54, 1.807) is 0 Å². The molecule has 3 aromatic rings. The van der Waals surface area contributed by atoms with E-state index in [2.05, 4.69) is 45.9 Å². The van der Waals surface area contributed by atoms with E-state index < -0.39 is 6.03 Å². The van der Waals surface area contributed by atoms with Crippen LogP contribution in [-0.4, -0.2) is 30.4 Å². The van der Waals surface area contributed by atoms with Crippen molar-refractivity contribution in [2.45, 2.75) is 19.5 Å². The Bertz CT molecular complexity index is 941. The Balaban J connectivity index is 1.40. The number of hydrogen-bond donors (Lipinski definition) is 2. The minimum absolute atomic E-state index is 0.267. The fourth-order valence-electron chi connectivity index (χ4n) is 3.03. The molecule has 0 saturated carbocycles. The molecule has 0 heterocycles. The Morgan fingerprint density at radius 3 is 2.36 bits per heavy atom. The zero-order chi connectivity index (χ0) is 19.8. The highest BCUT2D eigenvalue weighted by molar-refractivity contribution is 5.94. The maximum absolute atomic E-state index is 12.0. The largest absolute Gasteiger partial charge is 0.334 e. The summed E-state index contributed by atoms with van der Waals surface area (Å²) in [4.78, 5) is 25.9. The Hall–Kier alpha value is -3.18. The van der Waals surface area contributed by atoms with Crippen LogP contribution in [0.3, 0.4) is 0 Å². The number of carbonyl (C=O) groups excluding carboxylic acids is 2. The fourth-order valence-corrected chi connectivity index (χ4v) is 3.03. The molecule has 144 valence electrons. The smallest absolute Gasteiger partial charge is 0.321 e. The second-order valence-electron chi connectivity index (χ2n) is 6.89. The summed E-state index contributed by atoms with van der Waals surface area (Å²) < 4.78 is 0. The molecule has 0 saturated heterocycles. The van der Waals surface area contributed by atoms with Crippen LogP contribution < -0.4 is 10.6 Å². The Labute approximate surface area is 165 Å². The molecule has 0 fully saturated rings. The highest BCUT2D eigenvalue weighted by atomic mass is 16.2. The summed E-state index contributed by atoms with van der Waals surface area (Å²) in [5, 5.41) is 7.49. The first kappa shape index (κ1) is 19.6. The number of nitrogens with zero attached hydrogens (tertiary/aromatic N) is 1. The van der Waals surface area contributed by atoms with Crippen LogP contribution in [0.4, 0.5) is 4.79 Å². The molecule has 0 unspecified atom stereocenters. The quantitative estimate of drug-likeness (QED) is 0.662. The van der Waals surface area contributed by atoms with Gasteiger partial charge in [-0.15, -0.1) is 0 Å². The van der Waals surface area contributed by atoms with Crippen LogP contribution in [0, 0.1) is 0 Å². The number of urea groups is 1. The van der Waals surface area contributed by atoms with Crippen molar-refractivity contribution in [3.63, 3.8) is 0 Å². The van der Waals surface area contributed by atoms with Gasteiger partial charge in [-0.3, -0.25) is 10.1 Å². The van der Waals surface area contributed by atoms with Crippen LogP contribution >= 0.6 is 0 Å². The molecule has 2 N–H and O–H groups in total. The fraction of sp³-hybridized carbons (Fsp3) is 0.217. The van der Waals surface area contributed by atoms with E-state index in [0.29, 0.717) is 13.1 Å². The van der Waals surface area contributed by atoms with Gasteiger partial charge in [-0.05, 0) is 35.0 Å². The number of hydrogen-bond acceptors (Lipinski definition) is 3. The van der Waals surface area contributed by atoms with Crippen molar-refractivity contribution in [2.75, 3.05) is 13.6 Å². The van der Waals surface area contributed by atoms with E-state index in [0.717, 1.165) is 12.1 Å². The molecule has 0 aliphatic heterocycles. The topological polar surface area (TPSA) is 61.4 Å². The molecule has 0 aliphatic rings. The number of nitrogens with one attached hydrogen (secondary N) is 2. The lowest BCUT2D eigenvalue weighted by atomic mass is 10.1. The van der Waals surface area contributed by atoms with Gasteiger partial charge in [0.25, 0.3) is 0 Å². The SMILES string of the molecule is CN(CCC(=O)NC(=O)NCc1ccccc1)Cc1ccc2ccccc2c1. The van der Waals surface area contributed by atoms with Gasteiger partial charge >= 0.3 is 6.03 Å². The molecule has 3 rings (SSSR count). The molecular weight excluding hydrogens is 350 g/mol. The highest BCUT2D eigenvalue weighted by Gasteiger charge is 2.09. The lowest BCUT2D eigenvalue weighted by molar-refractivity contribution is -0.120. The molecule has 0 spiro atoms. The summed E-state index contributed by atoms with van der Waals surface area (Å²) in [6, 6.07) is 23.8. The molecular formula is C23H25N3O2. The van der Waals surface area contributed by atoms with Gasteiger partial charge in [-0.2, -0.15) is 0 Å². The van der Waals surface area contributed by atoms with Crippen molar-refractivity contribution in [1.29, 1.82) is 0 Å². The van der Waals surface area contributed by atoms with E-state index in [-0.39, 0.29) is 12.3 Å². The summed E-state index contributed by atoms with van der Waals surface area (Å²) >= 11 is 0. The Morgan fingerprint density at radius 2 is 1.57 bits per heavy atom. The van der Waals surface area contributed by atoms with Gasteiger partial charge in [0.1, 0.15) is 0 Å². The molecule has 0 atom stereocenters. The van der Waals surface area contributed by atoms with Gasteiger partial charge < -0.3 is 10.2 Å². The van der Waals surface area contributed by atoms with E-state index in [9.17, 15) is 9.59 Å². The first-order valence-corrected chi connectivity index (χ1v) is 9.38. The Morgan fingerprint density at radius 1 is 0.857 bits per heavy atom. The van der Waals surface area contributed by atoms with Crippen molar-refractivity contribution in [3.8, 4) is 0 Å². The number of imide groups is 1. The van der Waals surface area contributed by atoms with Crippen molar-refractivity contribution in [3.05, 3.63) is 83.9 Å². The third-order valence-electron chi connectivity index (χ3n) is 4.54. The first-order chi connectivity index (χ1) is 13.6. The van der Waals surface area contributed by atoms with Crippen LogP contribution in [0.1, 0.15) is 17.5 Å². The van der Waals surface area contributed by atoms with Crippen molar-refractivity contribution in [1.82, 2.24) is 15.5 Å². The molecule has 5 nitrogen and oxygen atoms in total. The van der Waals surface area contributed by atoms with Gasteiger partial charge in [0.05, 0.1) is 0 Å². The Kier molecular flexibility index (Phi) is 6.76. The average Bonchev–Trinajstić information content (AvgIpc) is 2.71. The van der Waals surface area contributed by atoms with Crippen molar-refractivity contribution < 1.29 is 9.59 Å². The summed E-state index contributed by atoms with van der Waals surface area (Å²) in [6.07, 6.45) is 0.267. The van der Waals surface area contributed by atoms with Gasteiger partial charge in [-0.25, -0.2) is 4.79 Å². The molecule has 0 bridgehead atoms. The first-order valence-electron chi connectivity index (χ1n) is 9.38. The lowest BCUT2D eigenvalue weighted by Crippen LogP contribution is -2.40. The zero-order valence-electron chi connectivity index (χ0n) is 16.0. The van der Waals surface area contributed by atoms with Gasteiger partial charge in [0, 0.05) is 26.1 Å². The van der Waals surface area contributed by atoms with Crippen molar-refractivity contribution in [2.24, 2.45) is 0 Å². The second-order valence-corrected chi connectivity index (χ2v) is 6.89. The third-order valence-corrected chi connectivity index (χ3v) is 4.54. The predicted molar refractivity (Wildman–Crippen MR) is 112 cm³/mol. The maximum Gasteiger partial charge on any atom is 0.321 e. The summed E-state index contributed by atoms with van der Waals surface area (Å²) in [6.45, 7) is 1.71. The monoisotopic (exact) mass is 375 g/mol. The standard InChI is InChI=1S/C23H25N3O2/c1-26(17-19-11-12-20-9-5-6-10-21(20)15-19)14-13-22(27)25-23(28)24-16-18-7-3-2-4-8-18/h2-12,15H,13-14,16-17H2,1H3,(H2,24,25,27,28). The number of carbonyl (C=O) groups is 2. The van der Waals surface area contributed by atoms with Crippen LogP contribution in [-0.2, 0) is 17.9 Å². The highest BCUT2D eigenvalue weighted by Crippen LogP contribution is 2.16. The minimum Gasteiger partial charge on any atom is -0.334 e. The molecule has 5 heteroatoms. The van der Waals surface area contributed by atoms with Gasteiger partial charge in [-0.1, -0.05) is 66.7 Å². The molecule has 28 heavy (non-hydrogen) atoms. The van der Waals surface area contributed by atoms with Crippen LogP contribution in [0.2, 0.25) is 0 Å². The lowest BCUT2D eigenvalue weighted by Gasteiger charge is -2.16. The van der Waals surface area contributed by atoms with E-state index in [4.69, 9.17) is 0 Å². The average molecular weight is 375 g/mol. The summed E-state index contributed by atoms with van der Waals surface area (Å²) in [7, 11) is 1.97. The molecule has 0 aromatic heterocycles. The second kappa shape index (κ2) is 9.67. The minimum atomic E-state index is -0.467. The van der Waals surface area contributed by atoms with Crippen LogP contribution in [0.15, 0.2) is 72.8 Å². The van der Waals surface area contributed by atoms with E-state index in [1.165, 1.54) is 16.3 Å². The molecule has 3 amide bonds. The van der Waals surface area contributed by atoms with Gasteiger partial charge in [0.15, 0.2) is 0 Å². The predicted octanol–water partition coefficient (Wildman–Crippen LogP) is 3.69. The number of benzene rings is 3. The molecule has 0 aliphatic carbocycles. The van der Waals surface area contributed by atoms with Crippen molar-refractivity contribution >= 4 is 22.7 Å². The number of amides is 3. The van der Waals surface area contributed by atoms with Crippen LogP contribution in [0.5, 0.6) is 0 Å². The molecule has 0 radical (unpaired) electrons. The third kappa shape index (κ3) is 5.93. The number of fused-ring (bicyclic) bond motifs is 1. The number of rotatable bonds is 7. The van der Waals surface area contributed by atoms with Gasteiger partial charge in [0.2, 0.25) is 5.91 Å². The van der Waals surface area contributed by atoms with Crippen LogP contribution in [0.25, 0.3) is 10.8 Å².